The molecule has 4 heteroatoms. The number of aliphatic carboxylic acids is 1. The van der Waals surface area contributed by atoms with Gasteiger partial charge in [-0.3, -0.25) is 4.79 Å². The minimum Gasteiger partial charge on any atom is -0.481 e. The molecule has 1 atom stereocenters. The van der Waals surface area contributed by atoms with Crippen LogP contribution < -0.4 is 0 Å². The van der Waals surface area contributed by atoms with Crippen LogP contribution in [0.1, 0.15) is 37.1 Å². The number of hydrogen-bond donors (Lipinski definition) is 1. The molecule has 0 bridgehead atoms. The van der Waals surface area contributed by atoms with Gasteiger partial charge in [0.25, 0.3) is 0 Å². The van der Waals surface area contributed by atoms with Gasteiger partial charge < -0.3 is 9.67 Å². The lowest BCUT2D eigenvalue weighted by molar-refractivity contribution is -0.141. The summed E-state index contributed by atoms with van der Waals surface area (Å²) in [7, 11) is 2.05. The SMILES string of the molecule is CC(Cc1ccc2nc(C3CC3)n(C)c2c1)C(=O)O. The first-order valence-electron chi connectivity index (χ1n) is 6.74. The van der Waals surface area contributed by atoms with Gasteiger partial charge >= 0.3 is 5.97 Å². The van der Waals surface area contributed by atoms with Crippen molar-refractivity contribution in [1.29, 1.82) is 0 Å². The highest BCUT2D eigenvalue weighted by atomic mass is 16.4. The zero-order chi connectivity index (χ0) is 13.6. The summed E-state index contributed by atoms with van der Waals surface area (Å²) in [5, 5.41) is 8.98. The van der Waals surface area contributed by atoms with E-state index in [-0.39, 0.29) is 5.92 Å². The van der Waals surface area contributed by atoms with Gasteiger partial charge in [0.2, 0.25) is 0 Å². The van der Waals surface area contributed by atoms with E-state index in [0.717, 1.165) is 16.6 Å². The Balaban J connectivity index is 1.95. The summed E-state index contributed by atoms with van der Waals surface area (Å²) < 4.78 is 2.15. The second-order valence-electron chi connectivity index (χ2n) is 5.57. The van der Waals surface area contributed by atoms with Crippen molar-refractivity contribution in [2.45, 2.75) is 32.1 Å². The highest BCUT2D eigenvalue weighted by Crippen LogP contribution is 2.40. The zero-order valence-corrected chi connectivity index (χ0v) is 11.3. The number of rotatable bonds is 4. The molecule has 1 N–H and O–H groups in total. The quantitative estimate of drug-likeness (QED) is 0.917. The Hall–Kier alpha value is -1.84. The fourth-order valence-electron chi connectivity index (χ4n) is 2.53. The van der Waals surface area contributed by atoms with Crippen molar-refractivity contribution >= 4 is 17.0 Å². The highest BCUT2D eigenvalue weighted by molar-refractivity contribution is 5.77. The average molecular weight is 258 g/mol. The largest absolute Gasteiger partial charge is 0.481 e. The van der Waals surface area contributed by atoms with Gasteiger partial charge in [-0.1, -0.05) is 13.0 Å². The van der Waals surface area contributed by atoms with E-state index in [9.17, 15) is 4.79 Å². The molecule has 1 aromatic heterocycles. The van der Waals surface area contributed by atoms with E-state index < -0.39 is 5.97 Å². The van der Waals surface area contributed by atoms with E-state index in [2.05, 4.69) is 15.6 Å². The summed E-state index contributed by atoms with van der Waals surface area (Å²) in [6.45, 7) is 1.74. The van der Waals surface area contributed by atoms with Crippen LogP contribution in [0.15, 0.2) is 18.2 Å². The van der Waals surface area contributed by atoms with Gasteiger partial charge in [0.15, 0.2) is 0 Å². The fraction of sp³-hybridized carbons (Fsp3) is 0.467. The Morgan fingerprint density at radius 1 is 1.53 bits per heavy atom. The lowest BCUT2D eigenvalue weighted by atomic mass is 10.0. The number of benzene rings is 1. The maximum Gasteiger partial charge on any atom is 0.306 e. The second kappa shape index (κ2) is 4.37. The number of aryl methyl sites for hydroxylation is 1. The molecule has 1 heterocycles. The molecular formula is C15H18N2O2. The number of carbonyl (C=O) groups is 1. The van der Waals surface area contributed by atoms with Crippen LogP contribution in [-0.4, -0.2) is 20.6 Å². The molecule has 0 amide bonds. The lowest BCUT2D eigenvalue weighted by Crippen LogP contribution is -2.12. The zero-order valence-electron chi connectivity index (χ0n) is 11.3. The normalized spacial score (nSPS) is 16.7. The molecule has 3 rings (SSSR count). The Morgan fingerprint density at radius 2 is 2.26 bits per heavy atom. The molecule has 100 valence electrons. The summed E-state index contributed by atoms with van der Waals surface area (Å²) in [4.78, 5) is 15.6. The molecule has 0 aliphatic heterocycles. The summed E-state index contributed by atoms with van der Waals surface area (Å²) in [6.07, 6.45) is 3.04. The van der Waals surface area contributed by atoms with Gasteiger partial charge in [-0.2, -0.15) is 0 Å². The van der Waals surface area contributed by atoms with Gasteiger partial charge in [0.1, 0.15) is 5.82 Å². The first kappa shape index (κ1) is 12.2. The summed E-state index contributed by atoms with van der Waals surface area (Å²) in [5.41, 5.74) is 3.18. The molecule has 4 nitrogen and oxygen atoms in total. The molecule has 0 saturated heterocycles. The van der Waals surface area contributed by atoms with Crippen molar-refractivity contribution < 1.29 is 9.90 Å². The predicted octanol–water partition coefficient (Wildman–Crippen LogP) is 2.71. The fourth-order valence-corrected chi connectivity index (χ4v) is 2.53. The lowest BCUT2D eigenvalue weighted by Gasteiger charge is -2.06. The highest BCUT2D eigenvalue weighted by Gasteiger charge is 2.28. The van der Waals surface area contributed by atoms with Gasteiger partial charge in [-0.25, -0.2) is 4.98 Å². The third-order valence-corrected chi connectivity index (χ3v) is 3.89. The van der Waals surface area contributed by atoms with E-state index in [0.29, 0.717) is 12.3 Å². The molecule has 1 fully saturated rings. The van der Waals surface area contributed by atoms with Crippen molar-refractivity contribution in [3.05, 3.63) is 29.6 Å². The molecule has 1 saturated carbocycles. The van der Waals surface area contributed by atoms with Crippen LogP contribution in [-0.2, 0) is 18.3 Å². The van der Waals surface area contributed by atoms with Crippen LogP contribution in [0.5, 0.6) is 0 Å². The maximum atomic E-state index is 10.9. The topological polar surface area (TPSA) is 55.1 Å². The van der Waals surface area contributed by atoms with E-state index in [4.69, 9.17) is 5.11 Å². The minimum absolute atomic E-state index is 0.353. The third kappa shape index (κ3) is 2.23. The Morgan fingerprint density at radius 3 is 2.89 bits per heavy atom. The number of carboxylic acids is 1. The van der Waals surface area contributed by atoms with E-state index in [1.165, 1.54) is 18.7 Å². The molecule has 1 aliphatic carbocycles. The smallest absolute Gasteiger partial charge is 0.306 e. The summed E-state index contributed by atoms with van der Waals surface area (Å²) >= 11 is 0. The number of carboxylic acid groups (broad SMARTS) is 1. The number of nitrogens with zero attached hydrogens (tertiary/aromatic N) is 2. The van der Waals surface area contributed by atoms with Gasteiger partial charge in [-0.15, -0.1) is 0 Å². The molecule has 1 aliphatic rings. The van der Waals surface area contributed by atoms with Crippen LogP contribution in [0.2, 0.25) is 0 Å². The van der Waals surface area contributed by atoms with Crippen LogP contribution in [0.4, 0.5) is 0 Å². The second-order valence-corrected chi connectivity index (χ2v) is 5.57. The Kier molecular flexibility index (Phi) is 2.81. The Labute approximate surface area is 112 Å². The van der Waals surface area contributed by atoms with E-state index in [1.807, 2.05) is 19.2 Å². The molecule has 2 aromatic rings. The summed E-state index contributed by atoms with van der Waals surface area (Å²) in [6, 6.07) is 6.07. The monoisotopic (exact) mass is 258 g/mol. The minimum atomic E-state index is -0.747. The van der Waals surface area contributed by atoms with Crippen molar-refractivity contribution in [3.63, 3.8) is 0 Å². The standard InChI is InChI=1S/C15H18N2O2/c1-9(15(18)19)7-10-3-6-12-13(8-10)17(2)14(16-12)11-4-5-11/h3,6,8-9,11H,4-5,7H2,1-2H3,(H,18,19). The molecule has 1 unspecified atom stereocenters. The maximum absolute atomic E-state index is 10.9. The van der Waals surface area contributed by atoms with Crippen LogP contribution in [0.25, 0.3) is 11.0 Å². The number of hydrogen-bond acceptors (Lipinski definition) is 2. The van der Waals surface area contributed by atoms with Gasteiger partial charge in [-0.05, 0) is 37.0 Å². The molecular weight excluding hydrogens is 240 g/mol. The first-order chi connectivity index (χ1) is 9.06. The number of aromatic nitrogens is 2. The number of fused-ring (bicyclic) bond motifs is 1. The first-order valence-corrected chi connectivity index (χ1v) is 6.74. The van der Waals surface area contributed by atoms with Crippen molar-refractivity contribution in [3.8, 4) is 0 Å². The van der Waals surface area contributed by atoms with Crippen LogP contribution in [0.3, 0.4) is 0 Å². The number of imidazole rings is 1. The molecule has 19 heavy (non-hydrogen) atoms. The van der Waals surface area contributed by atoms with E-state index >= 15 is 0 Å². The Bertz CT molecular complexity index is 641. The van der Waals surface area contributed by atoms with Crippen LogP contribution >= 0.6 is 0 Å². The molecule has 1 aromatic carbocycles. The third-order valence-electron chi connectivity index (χ3n) is 3.89. The van der Waals surface area contributed by atoms with Crippen LogP contribution in [0, 0.1) is 5.92 Å². The molecule has 0 spiro atoms. The molecule has 0 radical (unpaired) electrons. The van der Waals surface area contributed by atoms with Crippen molar-refractivity contribution in [2.75, 3.05) is 0 Å². The summed E-state index contributed by atoms with van der Waals surface area (Å²) in [5.74, 6) is 0.689. The average Bonchev–Trinajstić information content (AvgIpc) is 3.16. The van der Waals surface area contributed by atoms with E-state index in [1.54, 1.807) is 6.92 Å². The van der Waals surface area contributed by atoms with Crippen molar-refractivity contribution in [2.24, 2.45) is 13.0 Å². The predicted molar refractivity (Wildman–Crippen MR) is 73.2 cm³/mol. The van der Waals surface area contributed by atoms with Crippen molar-refractivity contribution in [1.82, 2.24) is 9.55 Å². The van der Waals surface area contributed by atoms with Gasteiger partial charge in [0.05, 0.1) is 17.0 Å². The van der Waals surface area contributed by atoms with Gasteiger partial charge in [0, 0.05) is 13.0 Å².